The van der Waals surface area contributed by atoms with Gasteiger partial charge in [-0.2, -0.15) is 13.2 Å². The first kappa shape index (κ1) is 27.8. The molecule has 200 valence electrons. The molecule has 0 aliphatic rings. The minimum absolute atomic E-state index is 0.133. The van der Waals surface area contributed by atoms with Gasteiger partial charge in [0, 0.05) is 17.9 Å². The zero-order chi connectivity index (χ0) is 27.4. The maximum atomic E-state index is 14.6. The van der Waals surface area contributed by atoms with Crippen molar-refractivity contribution in [2.75, 3.05) is 13.7 Å². The predicted molar refractivity (Wildman–Crippen MR) is 138 cm³/mol. The molecular weight excluding hydrogens is 544 g/mol. The Morgan fingerprint density at radius 2 is 1.84 bits per heavy atom. The van der Waals surface area contributed by atoms with Gasteiger partial charge in [0.25, 0.3) is 0 Å². The largest absolute Gasteiger partial charge is 0.497 e. The standard InChI is InChI=1S/C27H23ClF4N2O3S/c1-3-37-25(35)17-6-9-23-22(13-17)33-26(34(23)11-10-16-4-7-20(36-2)8-5-16)38-15-18-12-19(27(30,31)32)14-21(28)24(18)29/h4-9,12-14H,3,10-11,15H2,1-2H3. The first-order chi connectivity index (χ1) is 18.1. The van der Waals surface area contributed by atoms with Gasteiger partial charge in [-0.05, 0) is 61.4 Å². The molecule has 0 aliphatic carbocycles. The van der Waals surface area contributed by atoms with Crippen LogP contribution in [0, 0.1) is 5.82 Å². The van der Waals surface area contributed by atoms with Crippen LogP contribution in [0.3, 0.4) is 0 Å². The quantitative estimate of drug-likeness (QED) is 0.119. The summed E-state index contributed by atoms with van der Waals surface area (Å²) < 4.78 is 66.6. The summed E-state index contributed by atoms with van der Waals surface area (Å²) in [6.07, 6.45) is -4.04. The van der Waals surface area contributed by atoms with Crippen molar-refractivity contribution in [3.63, 3.8) is 0 Å². The zero-order valence-electron chi connectivity index (χ0n) is 20.4. The molecule has 0 atom stereocenters. The number of hydrogen-bond acceptors (Lipinski definition) is 5. The van der Waals surface area contributed by atoms with Crippen molar-refractivity contribution in [3.05, 3.63) is 87.7 Å². The minimum atomic E-state index is -4.66. The fourth-order valence-electron chi connectivity index (χ4n) is 3.87. The van der Waals surface area contributed by atoms with Crippen LogP contribution in [0.4, 0.5) is 17.6 Å². The highest BCUT2D eigenvalue weighted by Crippen LogP contribution is 2.36. The van der Waals surface area contributed by atoms with Crippen molar-refractivity contribution in [2.45, 2.75) is 37.0 Å². The third kappa shape index (κ3) is 6.24. The highest BCUT2D eigenvalue weighted by atomic mass is 35.5. The Kier molecular flexibility index (Phi) is 8.52. The third-order valence-electron chi connectivity index (χ3n) is 5.80. The number of ether oxygens (including phenoxy) is 2. The molecule has 0 radical (unpaired) electrons. The number of halogens is 5. The molecule has 0 N–H and O–H groups in total. The van der Waals surface area contributed by atoms with E-state index in [1.165, 1.54) is 0 Å². The molecule has 0 amide bonds. The number of methoxy groups -OCH3 is 1. The van der Waals surface area contributed by atoms with Crippen LogP contribution in [0.25, 0.3) is 11.0 Å². The highest BCUT2D eigenvalue weighted by molar-refractivity contribution is 7.98. The molecule has 38 heavy (non-hydrogen) atoms. The lowest BCUT2D eigenvalue weighted by Gasteiger charge is -2.12. The molecule has 0 bridgehead atoms. The number of carbonyl (C=O) groups is 1. The molecule has 0 spiro atoms. The zero-order valence-corrected chi connectivity index (χ0v) is 22.0. The molecule has 4 aromatic rings. The number of thioether (sulfide) groups is 1. The Hall–Kier alpha value is -3.24. The second-order valence-electron chi connectivity index (χ2n) is 8.29. The molecule has 0 saturated carbocycles. The molecule has 4 rings (SSSR count). The predicted octanol–water partition coefficient (Wildman–Crippen LogP) is 7.57. The summed E-state index contributed by atoms with van der Waals surface area (Å²) in [5.74, 6) is -0.799. The number of benzene rings is 3. The van der Waals surface area contributed by atoms with Crippen molar-refractivity contribution in [3.8, 4) is 5.75 Å². The van der Waals surface area contributed by atoms with E-state index in [1.807, 2.05) is 28.8 Å². The van der Waals surface area contributed by atoms with Gasteiger partial charge in [0.15, 0.2) is 5.16 Å². The van der Waals surface area contributed by atoms with E-state index < -0.39 is 28.5 Å². The maximum absolute atomic E-state index is 14.6. The molecule has 0 saturated heterocycles. The lowest BCUT2D eigenvalue weighted by atomic mass is 10.1. The molecule has 0 aliphatic heterocycles. The molecule has 1 aromatic heterocycles. The average molecular weight is 567 g/mol. The Morgan fingerprint density at radius 3 is 2.50 bits per heavy atom. The van der Waals surface area contributed by atoms with Crippen LogP contribution in [0.5, 0.6) is 5.75 Å². The number of alkyl halides is 3. The molecular formula is C27H23ClF4N2O3S. The number of hydrogen-bond donors (Lipinski definition) is 0. The lowest BCUT2D eigenvalue weighted by Crippen LogP contribution is -2.07. The Labute approximate surface area is 225 Å². The molecule has 11 heteroatoms. The Morgan fingerprint density at radius 1 is 1.11 bits per heavy atom. The fourth-order valence-corrected chi connectivity index (χ4v) is 5.11. The number of nitrogens with zero attached hydrogens (tertiary/aromatic N) is 2. The van der Waals surface area contributed by atoms with Crippen molar-refractivity contribution in [1.82, 2.24) is 9.55 Å². The van der Waals surface area contributed by atoms with E-state index in [0.29, 0.717) is 35.3 Å². The van der Waals surface area contributed by atoms with E-state index in [4.69, 9.17) is 21.1 Å². The average Bonchev–Trinajstić information content (AvgIpc) is 3.24. The van der Waals surface area contributed by atoms with Crippen LogP contribution in [-0.4, -0.2) is 29.2 Å². The van der Waals surface area contributed by atoms with E-state index in [1.54, 1.807) is 32.2 Å². The van der Waals surface area contributed by atoms with Crippen LogP contribution in [0.2, 0.25) is 5.02 Å². The topological polar surface area (TPSA) is 53.3 Å². The highest BCUT2D eigenvalue weighted by Gasteiger charge is 2.32. The third-order valence-corrected chi connectivity index (χ3v) is 7.10. The molecule has 1 heterocycles. The summed E-state index contributed by atoms with van der Waals surface area (Å²) in [4.78, 5) is 16.8. The van der Waals surface area contributed by atoms with Gasteiger partial charge in [-0.3, -0.25) is 0 Å². The minimum Gasteiger partial charge on any atom is -0.497 e. The van der Waals surface area contributed by atoms with E-state index in [0.717, 1.165) is 34.7 Å². The number of aromatic nitrogens is 2. The first-order valence-electron chi connectivity index (χ1n) is 11.6. The Balaban J connectivity index is 1.67. The summed E-state index contributed by atoms with van der Waals surface area (Å²) in [7, 11) is 1.58. The van der Waals surface area contributed by atoms with Crippen LogP contribution >= 0.6 is 23.4 Å². The summed E-state index contributed by atoms with van der Waals surface area (Å²) in [6, 6.07) is 13.9. The van der Waals surface area contributed by atoms with E-state index in [-0.39, 0.29) is 17.9 Å². The van der Waals surface area contributed by atoms with Crippen LogP contribution in [0.15, 0.2) is 59.8 Å². The number of esters is 1. The molecule has 3 aromatic carbocycles. The van der Waals surface area contributed by atoms with E-state index in [2.05, 4.69) is 4.98 Å². The lowest BCUT2D eigenvalue weighted by molar-refractivity contribution is -0.137. The van der Waals surface area contributed by atoms with E-state index in [9.17, 15) is 22.4 Å². The second kappa shape index (κ2) is 11.7. The summed E-state index contributed by atoms with van der Waals surface area (Å²) >= 11 is 6.84. The number of carbonyl (C=O) groups excluding carboxylic acids is 1. The monoisotopic (exact) mass is 566 g/mol. The van der Waals surface area contributed by atoms with Gasteiger partial charge in [-0.1, -0.05) is 35.5 Å². The van der Waals surface area contributed by atoms with Gasteiger partial charge >= 0.3 is 12.1 Å². The van der Waals surface area contributed by atoms with Crippen molar-refractivity contribution in [2.24, 2.45) is 0 Å². The molecule has 0 unspecified atom stereocenters. The van der Waals surface area contributed by atoms with Crippen LogP contribution in [-0.2, 0) is 29.6 Å². The number of fused-ring (bicyclic) bond motifs is 1. The van der Waals surface area contributed by atoms with Gasteiger partial charge in [0.2, 0.25) is 0 Å². The SMILES string of the molecule is CCOC(=O)c1ccc2c(c1)nc(SCc1cc(C(F)(F)F)cc(Cl)c1F)n2CCc1ccc(OC)cc1. The van der Waals surface area contributed by atoms with Gasteiger partial charge < -0.3 is 14.0 Å². The van der Waals surface area contributed by atoms with E-state index >= 15 is 0 Å². The number of imidazole rings is 1. The first-order valence-corrected chi connectivity index (χ1v) is 12.9. The Bertz CT molecular complexity index is 1460. The van der Waals surface area contributed by atoms with Crippen LogP contribution < -0.4 is 4.74 Å². The number of aryl methyl sites for hydroxylation is 2. The second-order valence-corrected chi connectivity index (χ2v) is 9.64. The van der Waals surface area contributed by atoms with Gasteiger partial charge in [-0.15, -0.1) is 0 Å². The molecule has 5 nitrogen and oxygen atoms in total. The normalized spacial score (nSPS) is 11.7. The van der Waals surface area contributed by atoms with Gasteiger partial charge in [-0.25, -0.2) is 14.2 Å². The van der Waals surface area contributed by atoms with Gasteiger partial charge in [0.1, 0.15) is 11.6 Å². The number of rotatable bonds is 9. The maximum Gasteiger partial charge on any atom is 0.416 e. The van der Waals surface area contributed by atoms with Crippen LogP contribution in [0.1, 0.15) is 34.0 Å². The summed E-state index contributed by atoms with van der Waals surface area (Å²) in [5, 5.41) is -0.134. The summed E-state index contributed by atoms with van der Waals surface area (Å²) in [6.45, 7) is 2.41. The van der Waals surface area contributed by atoms with Crippen molar-refractivity contribution >= 4 is 40.4 Å². The fraction of sp³-hybridized carbons (Fsp3) is 0.259. The van der Waals surface area contributed by atoms with Crippen molar-refractivity contribution < 1.29 is 31.8 Å². The van der Waals surface area contributed by atoms with Gasteiger partial charge in [0.05, 0.1) is 40.9 Å². The smallest absolute Gasteiger partial charge is 0.416 e. The van der Waals surface area contributed by atoms with Crippen molar-refractivity contribution in [1.29, 1.82) is 0 Å². The molecule has 0 fully saturated rings. The summed E-state index contributed by atoms with van der Waals surface area (Å²) in [5.41, 5.74) is 1.38.